The summed E-state index contributed by atoms with van der Waals surface area (Å²) in [6.45, 7) is 2.49. The van der Waals surface area contributed by atoms with Gasteiger partial charge in [0, 0.05) is 35.6 Å². The smallest absolute Gasteiger partial charge is 0.382 e. The number of nitrogen functional groups attached to an aromatic ring is 1. The fraction of sp³-hybridized carbons (Fsp3) is 0.321. The van der Waals surface area contributed by atoms with E-state index in [0.717, 1.165) is 31.2 Å². The summed E-state index contributed by atoms with van der Waals surface area (Å²) in [7, 11) is 0. The predicted molar refractivity (Wildman–Crippen MR) is 143 cm³/mol. The number of pyridine rings is 1. The van der Waals surface area contributed by atoms with Crippen LogP contribution in [0.15, 0.2) is 48.9 Å². The Kier molecular flexibility index (Phi) is 6.80. The van der Waals surface area contributed by atoms with Crippen molar-refractivity contribution in [2.24, 2.45) is 5.92 Å². The molecule has 10 nitrogen and oxygen atoms in total. The Bertz CT molecular complexity index is 1700. The minimum atomic E-state index is -4.62. The standard InChI is InChI=1S/C28H25F4N7O3/c1-14-13-42-20(12-39(14)27(41)15-2-3-15)25-37-22(23-24(33)35-8-9-38(23)25)18-5-4-16(10-19(18)29)26(40)36-21-11-17(6-7-34-21)28(30,31)32/h4-11,14-15,20H,2-3,12-13H2,1H3,(H2,33,35)(H,34,36,40)/t14-,20+/m0/s1. The Balaban J connectivity index is 1.31. The van der Waals surface area contributed by atoms with E-state index in [1.54, 1.807) is 15.5 Å². The number of carbonyl (C=O) groups excluding carboxylic acids is 2. The average molecular weight is 584 g/mol. The van der Waals surface area contributed by atoms with Crippen molar-refractivity contribution >= 4 is 29.0 Å². The van der Waals surface area contributed by atoms with Crippen LogP contribution in [0.3, 0.4) is 0 Å². The molecule has 4 aromatic rings. The third-order valence-electron chi connectivity index (χ3n) is 7.36. The lowest BCUT2D eigenvalue weighted by Gasteiger charge is -2.37. The number of amides is 2. The van der Waals surface area contributed by atoms with Gasteiger partial charge in [-0.15, -0.1) is 0 Å². The van der Waals surface area contributed by atoms with Crippen molar-refractivity contribution in [2.75, 3.05) is 24.2 Å². The van der Waals surface area contributed by atoms with Crippen LogP contribution in [0.1, 0.15) is 47.6 Å². The van der Waals surface area contributed by atoms with Gasteiger partial charge in [0.15, 0.2) is 0 Å². The van der Waals surface area contributed by atoms with E-state index >= 15 is 4.39 Å². The monoisotopic (exact) mass is 583 g/mol. The number of nitrogens with zero attached hydrogens (tertiary/aromatic N) is 5. The first kappa shape index (κ1) is 27.6. The molecule has 0 bridgehead atoms. The lowest BCUT2D eigenvalue weighted by molar-refractivity contribution is -0.146. The Morgan fingerprint density at radius 3 is 2.62 bits per heavy atom. The molecule has 2 aliphatic rings. The quantitative estimate of drug-likeness (QED) is 0.332. The van der Waals surface area contributed by atoms with E-state index in [9.17, 15) is 22.8 Å². The lowest BCUT2D eigenvalue weighted by atomic mass is 10.1. The lowest BCUT2D eigenvalue weighted by Crippen LogP contribution is -2.49. The summed E-state index contributed by atoms with van der Waals surface area (Å²) in [5, 5.41) is 2.26. The number of hydrogen-bond acceptors (Lipinski definition) is 7. The SMILES string of the molecule is C[C@H]1CO[C@@H](c2nc(-c3ccc(C(=O)Nc4cc(C(F)(F)F)ccn4)cc3F)c3c(N)nccn23)CN1C(=O)C1CC1. The molecular formula is C28H25F4N7O3. The summed E-state index contributed by atoms with van der Waals surface area (Å²) in [6.07, 6.45) is 0.520. The molecular weight excluding hydrogens is 558 g/mol. The number of carbonyl (C=O) groups is 2. The van der Waals surface area contributed by atoms with Crippen molar-refractivity contribution in [3.63, 3.8) is 0 Å². The Labute approximate surface area is 236 Å². The fourth-order valence-corrected chi connectivity index (χ4v) is 5.00. The maximum atomic E-state index is 15.5. The van der Waals surface area contributed by atoms with Crippen LogP contribution in [0.2, 0.25) is 0 Å². The molecule has 218 valence electrons. The maximum Gasteiger partial charge on any atom is 0.416 e. The number of rotatable bonds is 5. The summed E-state index contributed by atoms with van der Waals surface area (Å²) >= 11 is 0. The van der Waals surface area contributed by atoms with Crippen molar-refractivity contribution in [1.29, 1.82) is 0 Å². The van der Waals surface area contributed by atoms with E-state index in [2.05, 4.69) is 20.3 Å². The van der Waals surface area contributed by atoms with Gasteiger partial charge in [0.2, 0.25) is 5.91 Å². The number of nitrogens with two attached hydrogens (primary N) is 1. The van der Waals surface area contributed by atoms with Crippen molar-refractivity contribution in [2.45, 2.75) is 38.1 Å². The number of halogens is 4. The summed E-state index contributed by atoms with van der Waals surface area (Å²) in [5.41, 5.74) is 5.54. The molecule has 1 aliphatic carbocycles. The van der Waals surface area contributed by atoms with Gasteiger partial charge in [-0.05, 0) is 50.1 Å². The third kappa shape index (κ3) is 5.13. The van der Waals surface area contributed by atoms with Gasteiger partial charge < -0.3 is 20.7 Å². The highest BCUT2D eigenvalue weighted by atomic mass is 19.4. The molecule has 1 aromatic carbocycles. The Hall–Kier alpha value is -4.59. The third-order valence-corrected chi connectivity index (χ3v) is 7.36. The van der Waals surface area contributed by atoms with Gasteiger partial charge in [-0.1, -0.05) is 0 Å². The molecule has 0 spiro atoms. The van der Waals surface area contributed by atoms with Crippen molar-refractivity contribution < 1.29 is 31.9 Å². The molecule has 0 unspecified atom stereocenters. The first-order chi connectivity index (χ1) is 20.0. The van der Waals surface area contributed by atoms with E-state index in [0.29, 0.717) is 24.0 Å². The largest absolute Gasteiger partial charge is 0.416 e. The number of imidazole rings is 1. The zero-order valence-corrected chi connectivity index (χ0v) is 22.2. The van der Waals surface area contributed by atoms with E-state index in [1.165, 1.54) is 18.3 Å². The van der Waals surface area contributed by atoms with Crippen LogP contribution in [0.25, 0.3) is 16.8 Å². The van der Waals surface area contributed by atoms with E-state index < -0.39 is 29.6 Å². The summed E-state index contributed by atoms with van der Waals surface area (Å²) < 4.78 is 62.3. The topological polar surface area (TPSA) is 128 Å². The van der Waals surface area contributed by atoms with Gasteiger partial charge in [0.05, 0.1) is 24.8 Å². The number of hydrogen-bond donors (Lipinski definition) is 2. The minimum Gasteiger partial charge on any atom is -0.382 e. The molecule has 1 saturated heterocycles. The van der Waals surface area contributed by atoms with Gasteiger partial charge in [-0.3, -0.25) is 14.0 Å². The number of benzene rings is 1. The Morgan fingerprint density at radius 1 is 1.12 bits per heavy atom. The molecule has 6 rings (SSSR count). The van der Waals surface area contributed by atoms with Gasteiger partial charge in [0.1, 0.15) is 40.6 Å². The molecule has 3 N–H and O–H groups in total. The van der Waals surface area contributed by atoms with Crippen LogP contribution in [0.5, 0.6) is 0 Å². The Morgan fingerprint density at radius 2 is 1.90 bits per heavy atom. The summed E-state index contributed by atoms with van der Waals surface area (Å²) in [4.78, 5) is 39.9. The molecule has 2 amide bonds. The number of fused-ring (bicyclic) bond motifs is 1. The molecule has 4 heterocycles. The highest BCUT2D eigenvalue weighted by Gasteiger charge is 2.40. The number of nitrogens with one attached hydrogen (secondary N) is 1. The first-order valence-electron chi connectivity index (χ1n) is 13.2. The van der Waals surface area contributed by atoms with Gasteiger partial charge in [-0.2, -0.15) is 13.2 Å². The molecule has 2 fully saturated rings. The summed E-state index contributed by atoms with van der Waals surface area (Å²) in [5.74, 6) is -1.40. The van der Waals surface area contributed by atoms with Crippen LogP contribution in [-0.2, 0) is 15.7 Å². The van der Waals surface area contributed by atoms with Gasteiger partial charge in [-0.25, -0.2) is 19.3 Å². The second kappa shape index (κ2) is 10.4. The van der Waals surface area contributed by atoms with Crippen LogP contribution < -0.4 is 11.1 Å². The molecule has 42 heavy (non-hydrogen) atoms. The highest BCUT2D eigenvalue weighted by molar-refractivity contribution is 6.04. The van der Waals surface area contributed by atoms with Crippen LogP contribution in [-0.4, -0.2) is 55.3 Å². The van der Waals surface area contributed by atoms with Gasteiger partial charge >= 0.3 is 6.18 Å². The van der Waals surface area contributed by atoms with Crippen molar-refractivity contribution in [1.82, 2.24) is 24.3 Å². The number of ether oxygens (including phenoxy) is 1. The van der Waals surface area contributed by atoms with Crippen molar-refractivity contribution in [3.05, 3.63) is 71.7 Å². The second-order valence-electron chi connectivity index (χ2n) is 10.4. The molecule has 1 saturated carbocycles. The molecule has 1 aliphatic heterocycles. The highest BCUT2D eigenvalue weighted by Crippen LogP contribution is 2.37. The molecule has 0 radical (unpaired) electrons. The number of morpholine rings is 1. The van der Waals surface area contributed by atoms with Crippen LogP contribution >= 0.6 is 0 Å². The number of alkyl halides is 3. The normalized spacial score (nSPS) is 19.2. The first-order valence-corrected chi connectivity index (χ1v) is 13.2. The zero-order valence-electron chi connectivity index (χ0n) is 22.2. The van der Waals surface area contributed by atoms with E-state index in [1.807, 2.05) is 6.92 Å². The van der Waals surface area contributed by atoms with Crippen LogP contribution in [0.4, 0.5) is 29.2 Å². The fourth-order valence-electron chi connectivity index (χ4n) is 5.00. The maximum absolute atomic E-state index is 15.5. The summed E-state index contributed by atoms with van der Waals surface area (Å²) in [6, 6.07) is 4.95. The van der Waals surface area contributed by atoms with E-state index in [4.69, 9.17) is 10.5 Å². The number of anilines is 2. The van der Waals surface area contributed by atoms with Crippen molar-refractivity contribution in [3.8, 4) is 11.3 Å². The molecule has 3 aromatic heterocycles. The predicted octanol–water partition coefficient (Wildman–Crippen LogP) is 4.48. The van der Waals surface area contributed by atoms with Crippen LogP contribution in [0, 0.1) is 11.7 Å². The van der Waals surface area contributed by atoms with E-state index in [-0.39, 0.29) is 52.9 Å². The number of aromatic nitrogens is 4. The minimum absolute atomic E-state index is 0.0160. The second-order valence-corrected chi connectivity index (χ2v) is 10.4. The zero-order chi connectivity index (χ0) is 29.8. The van der Waals surface area contributed by atoms with Gasteiger partial charge in [0.25, 0.3) is 5.91 Å². The molecule has 2 atom stereocenters. The molecule has 14 heteroatoms. The average Bonchev–Trinajstić information content (AvgIpc) is 3.73.